The Bertz CT molecular complexity index is 814. The molecule has 0 N–H and O–H groups in total. The van der Waals surface area contributed by atoms with E-state index in [1.165, 1.54) is 0 Å². The lowest BCUT2D eigenvalue weighted by molar-refractivity contribution is -0.110. The third-order valence-electron chi connectivity index (χ3n) is 3.33. The summed E-state index contributed by atoms with van der Waals surface area (Å²) < 4.78 is 5.26. The van der Waals surface area contributed by atoms with Crippen molar-refractivity contribution in [2.75, 3.05) is 7.11 Å². The number of carbonyl (C=O) groups excluding carboxylic acids is 1. The monoisotopic (exact) mass is 283 g/mol. The largest absolute Gasteiger partial charge is 0.497 e. The first-order valence-corrected chi connectivity index (χ1v) is 6.71. The summed E-state index contributed by atoms with van der Waals surface area (Å²) in [4.78, 5) is 16.1. The van der Waals surface area contributed by atoms with Gasteiger partial charge in [-0.3, -0.25) is 4.79 Å². The van der Waals surface area contributed by atoms with Gasteiger partial charge in [0.1, 0.15) is 5.75 Å². The quantitative estimate of drug-likeness (QED) is 0.591. The normalized spacial score (nSPS) is 10.9. The van der Waals surface area contributed by atoms with Crippen molar-refractivity contribution < 1.29 is 9.53 Å². The Morgan fingerprint density at radius 2 is 1.90 bits per heavy atom. The molecule has 20 heavy (non-hydrogen) atoms. The van der Waals surface area contributed by atoms with Gasteiger partial charge < -0.3 is 4.74 Å². The molecule has 0 aliphatic rings. The van der Waals surface area contributed by atoms with Crippen LogP contribution >= 0.6 is 12.6 Å². The topological polar surface area (TPSA) is 39.2 Å². The van der Waals surface area contributed by atoms with Crippen molar-refractivity contribution in [3.05, 3.63) is 48.0 Å². The van der Waals surface area contributed by atoms with E-state index >= 15 is 0 Å². The molecule has 0 amide bonds. The molecule has 0 unspecified atom stereocenters. The third kappa shape index (κ3) is 2.23. The fourth-order valence-electron chi connectivity index (χ4n) is 2.42. The van der Waals surface area contributed by atoms with Crippen molar-refractivity contribution in [2.24, 2.45) is 0 Å². The van der Waals surface area contributed by atoms with E-state index in [9.17, 15) is 4.79 Å². The molecule has 0 atom stereocenters. The van der Waals surface area contributed by atoms with Gasteiger partial charge in [0, 0.05) is 17.2 Å². The highest BCUT2D eigenvalue weighted by atomic mass is 32.1. The summed E-state index contributed by atoms with van der Waals surface area (Å²) in [5.74, 6) is 0.752. The predicted octanol–water partition coefficient (Wildman–Crippen LogP) is 3.40. The van der Waals surface area contributed by atoms with Gasteiger partial charge in [-0.25, -0.2) is 4.98 Å². The molecule has 0 aliphatic heterocycles. The van der Waals surface area contributed by atoms with Crippen LogP contribution in [0, 0.1) is 0 Å². The summed E-state index contributed by atoms with van der Waals surface area (Å²) in [6.45, 7) is 0. The lowest BCUT2D eigenvalue weighted by atomic mass is 10.0. The number of carbonyl (C=O) groups is 1. The number of hydrogen-bond acceptors (Lipinski definition) is 3. The molecule has 1 aromatic heterocycles. The van der Waals surface area contributed by atoms with Crippen molar-refractivity contribution in [3.8, 4) is 5.75 Å². The lowest BCUT2D eigenvalue weighted by Crippen LogP contribution is -1.98. The molecule has 3 nitrogen and oxygen atoms in total. The Kier molecular flexibility index (Phi) is 3.32. The molecular formula is C16H13NO2S. The minimum absolute atomic E-state index is 0.162. The molecule has 0 aliphatic carbocycles. The Balaban J connectivity index is 2.41. The van der Waals surface area contributed by atoms with E-state index in [4.69, 9.17) is 4.74 Å². The van der Waals surface area contributed by atoms with Gasteiger partial charge in [-0.1, -0.05) is 18.2 Å². The number of methoxy groups -OCH3 is 1. The second-order valence-electron chi connectivity index (χ2n) is 4.56. The fraction of sp³-hybridized carbons (Fsp3) is 0.125. The highest BCUT2D eigenvalue weighted by molar-refractivity contribution is 7.96. The van der Waals surface area contributed by atoms with Crippen LogP contribution in [0.3, 0.4) is 0 Å². The van der Waals surface area contributed by atoms with Gasteiger partial charge in [-0.15, -0.1) is 12.6 Å². The number of aromatic nitrogens is 1. The first kappa shape index (κ1) is 12.9. The summed E-state index contributed by atoms with van der Waals surface area (Å²) in [5.41, 5.74) is 2.69. The van der Waals surface area contributed by atoms with E-state index in [-0.39, 0.29) is 11.5 Å². The number of thiol groups is 1. The Morgan fingerprint density at radius 1 is 1.15 bits per heavy atom. The number of nitrogens with zero attached hydrogens (tertiary/aromatic N) is 1. The van der Waals surface area contributed by atoms with Gasteiger partial charge in [-0.2, -0.15) is 0 Å². The van der Waals surface area contributed by atoms with Gasteiger partial charge in [0.15, 0.2) is 5.12 Å². The summed E-state index contributed by atoms with van der Waals surface area (Å²) in [6, 6.07) is 13.5. The molecule has 0 fully saturated rings. The van der Waals surface area contributed by atoms with Gasteiger partial charge in [0.2, 0.25) is 0 Å². The average molecular weight is 283 g/mol. The van der Waals surface area contributed by atoms with Gasteiger partial charge >= 0.3 is 0 Å². The number of pyridine rings is 1. The zero-order valence-corrected chi connectivity index (χ0v) is 11.9. The zero-order chi connectivity index (χ0) is 14.1. The lowest BCUT2D eigenvalue weighted by Gasteiger charge is -2.10. The van der Waals surface area contributed by atoms with E-state index in [1.807, 2.05) is 42.5 Å². The van der Waals surface area contributed by atoms with Crippen LogP contribution in [-0.2, 0) is 11.2 Å². The molecule has 0 spiro atoms. The van der Waals surface area contributed by atoms with Crippen LogP contribution in [0.25, 0.3) is 21.8 Å². The SMILES string of the molecule is COc1ccc2nc3ccccc3c(CC(=O)S)c2c1. The van der Waals surface area contributed by atoms with Crippen molar-refractivity contribution in [2.45, 2.75) is 6.42 Å². The average Bonchev–Trinajstić information content (AvgIpc) is 2.46. The number of hydrogen-bond donors (Lipinski definition) is 1. The number of ether oxygens (including phenoxy) is 1. The number of benzene rings is 2. The molecule has 3 rings (SSSR count). The summed E-state index contributed by atoms with van der Waals surface area (Å²) in [5, 5.41) is 1.76. The maximum absolute atomic E-state index is 11.5. The van der Waals surface area contributed by atoms with E-state index in [0.29, 0.717) is 0 Å². The Morgan fingerprint density at radius 3 is 2.65 bits per heavy atom. The molecule has 0 bridgehead atoms. The van der Waals surface area contributed by atoms with Crippen molar-refractivity contribution in [1.82, 2.24) is 4.98 Å². The molecule has 0 saturated carbocycles. The smallest absolute Gasteiger partial charge is 0.190 e. The molecule has 4 heteroatoms. The van der Waals surface area contributed by atoms with Crippen LogP contribution in [-0.4, -0.2) is 17.2 Å². The summed E-state index contributed by atoms with van der Waals surface area (Å²) in [7, 11) is 1.62. The van der Waals surface area contributed by atoms with Crippen LogP contribution in [0.2, 0.25) is 0 Å². The van der Waals surface area contributed by atoms with Crippen LogP contribution < -0.4 is 4.74 Å². The van der Waals surface area contributed by atoms with Crippen molar-refractivity contribution in [1.29, 1.82) is 0 Å². The van der Waals surface area contributed by atoms with Crippen LogP contribution in [0.15, 0.2) is 42.5 Å². The Hall–Kier alpha value is -2.07. The van der Waals surface area contributed by atoms with Crippen LogP contribution in [0.1, 0.15) is 5.56 Å². The predicted molar refractivity (Wildman–Crippen MR) is 83.5 cm³/mol. The van der Waals surface area contributed by atoms with Crippen molar-refractivity contribution >= 4 is 39.5 Å². The number of para-hydroxylation sites is 1. The second-order valence-corrected chi connectivity index (χ2v) is 5.06. The third-order valence-corrected chi connectivity index (χ3v) is 3.49. The van der Waals surface area contributed by atoms with Crippen LogP contribution in [0.5, 0.6) is 5.75 Å². The maximum atomic E-state index is 11.5. The molecular weight excluding hydrogens is 270 g/mol. The first-order chi connectivity index (χ1) is 9.69. The van der Waals surface area contributed by atoms with Gasteiger partial charge in [-0.05, 0) is 29.8 Å². The highest BCUT2D eigenvalue weighted by Crippen LogP contribution is 2.29. The second kappa shape index (κ2) is 5.13. The van der Waals surface area contributed by atoms with Gasteiger partial charge in [0.25, 0.3) is 0 Å². The standard InChI is InChI=1S/C16H13NO2S/c1-19-10-6-7-15-13(8-10)12(9-16(18)20)11-4-2-3-5-14(11)17-15/h2-8H,9H2,1H3,(H,18,20). The van der Waals surface area contributed by atoms with Crippen LogP contribution in [0.4, 0.5) is 0 Å². The van der Waals surface area contributed by atoms with Gasteiger partial charge in [0.05, 0.1) is 18.1 Å². The first-order valence-electron chi connectivity index (χ1n) is 6.26. The van der Waals surface area contributed by atoms with E-state index in [0.717, 1.165) is 33.1 Å². The Labute approximate surface area is 122 Å². The number of fused-ring (bicyclic) bond motifs is 2. The van der Waals surface area contributed by atoms with E-state index in [1.54, 1.807) is 7.11 Å². The molecule has 3 aromatic rings. The minimum atomic E-state index is -0.162. The van der Waals surface area contributed by atoms with E-state index < -0.39 is 0 Å². The molecule has 2 aromatic carbocycles. The zero-order valence-electron chi connectivity index (χ0n) is 11.0. The maximum Gasteiger partial charge on any atom is 0.190 e. The highest BCUT2D eigenvalue weighted by Gasteiger charge is 2.11. The fourth-order valence-corrected chi connectivity index (χ4v) is 2.58. The summed E-state index contributed by atoms with van der Waals surface area (Å²) in [6.07, 6.45) is 0.274. The molecule has 1 heterocycles. The number of rotatable bonds is 3. The van der Waals surface area contributed by atoms with Crippen molar-refractivity contribution in [3.63, 3.8) is 0 Å². The molecule has 100 valence electrons. The minimum Gasteiger partial charge on any atom is -0.497 e. The van der Waals surface area contributed by atoms with E-state index in [2.05, 4.69) is 17.6 Å². The molecule has 0 radical (unpaired) electrons. The summed E-state index contributed by atoms with van der Waals surface area (Å²) >= 11 is 3.92. The molecule has 0 saturated heterocycles.